The van der Waals surface area contributed by atoms with Crippen LogP contribution in [0.2, 0.25) is 0 Å². The van der Waals surface area contributed by atoms with Gasteiger partial charge in [0.25, 0.3) is 0 Å². The molecule has 6 nitrogen and oxygen atoms in total. The molecular weight excluding hydrogens is 292 g/mol. The van der Waals surface area contributed by atoms with Crippen molar-refractivity contribution in [1.82, 2.24) is 20.0 Å². The topological polar surface area (TPSA) is 65.6 Å². The Hall–Kier alpha value is -1.24. The van der Waals surface area contributed by atoms with Crippen molar-refractivity contribution in [3.05, 3.63) is 23.9 Å². The molecule has 0 unspecified atom stereocenters. The molecule has 1 aliphatic heterocycles. The molecule has 2 heterocycles. The molecule has 1 N–H and O–H groups in total. The Labute approximate surface area is 138 Å². The molecule has 1 aromatic rings. The molecule has 2 aliphatic rings. The second-order valence-electron chi connectivity index (χ2n) is 6.78. The fourth-order valence-corrected chi connectivity index (χ4v) is 3.78. The number of aryl methyl sites for hydroxylation is 1. The Balaban J connectivity index is 1.56. The zero-order valence-corrected chi connectivity index (χ0v) is 14.2. The molecule has 1 saturated heterocycles. The van der Waals surface area contributed by atoms with Crippen molar-refractivity contribution in [3.63, 3.8) is 0 Å². The van der Waals surface area contributed by atoms with Crippen LogP contribution in [0.15, 0.2) is 16.6 Å². The van der Waals surface area contributed by atoms with Gasteiger partial charge in [-0.25, -0.2) is 0 Å². The van der Waals surface area contributed by atoms with Gasteiger partial charge < -0.3 is 9.52 Å². The fourth-order valence-electron chi connectivity index (χ4n) is 3.78. The minimum Gasteiger partial charge on any atom is -0.424 e. The summed E-state index contributed by atoms with van der Waals surface area (Å²) in [5.74, 6) is 1.96. The maximum absolute atomic E-state index is 10.5. The summed E-state index contributed by atoms with van der Waals surface area (Å²) in [5, 5.41) is 18.5. The SMILES string of the molecule is CCN(Cc1nnc(C)o1)[C@H]1CN(C[C@H]2CC=CCC2)C[C@H]1O. The van der Waals surface area contributed by atoms with Crippen molar-refractivity contribution in [2.45, 2.75) is 51.8 Å². The Morgan fingerprint density at radius 1 is 1.35 bits per heavy atom. The van der Waals surface area contributed by atoms with Crippen LogP contribution < -0.4 is 0 Å². The third kappa shape index (κ3) is 4.19. The van der Waals surface area contributed by atoms with E-state index in [1.165, 1.54) is 19.3 Å². The van der Waals surface area contributed by atoms with Crippen LogP contribution in [-0.4, -0.2) is 63.4 Å². The minimum absolute atomic E-state index is 0.145. The summed E-state index contributed by atoms with van der Waals surface area (Å²) in [7, 11) is 0. The highest BCUT2D eigenvalue weighted by Gasteiger charge is 2.36. The molecule has 0 radical (unpaired) electrons. The maximum atomic E-state index is 10.5. The maximum Gasteiger partial charge on any atom is 0.230 e. The lowest BCUT2D eigenvalue weighted by Crippen LogP contribution is -2.43. The molecular formula is C17H28N4O2. The van der Waals surface area contributed by atoms with Crippen LogP contribution in [0, 0.1) is 12.8 Å². The fraction of sp³-hybridized carbons (Fsp3) is 0.765. The largest absolute Gasteiger partial charge is 0.424 e. The predicted octanol–water partition coefficient (Wildman–Crippen LogP) is 1.60. The monoisotopic (exact) mass is 320 g/mol. The smallest absolute Gasteiger partial charge is 0.230 e. The second kappa shape index (κ2) is 7.55. The number of hydrogen-bond acceptors (Lipinski definition) is 6. The zero-order chi connectivity index (χ0) is 16.2. The van der Waals surface area contributed by atoms with Crippen molar-refractivity contribution >= 4 is 0 Å². The lowest BCUT2D eigenvalue weighted by Gasteiger charge is -2.28. The Kier molecular flexibility index (Phi) is 5.46. The highest BCUT2D eigenvalue weighted by Crippen LogP contribution is 2.24. The van der Waals surface area contributed by atoms with Gasteiger partial charge in [-0.2, -0.15) is 0 Å². The molecule has 0 amide bonds. The van der Waals surface area contributed by atoms with Crippen molar-refractivity contribution in [2.75, 3.05) is 26.2 Å². The molecule has 23 heavy (non-hydrogen) atoms. The number of rotatable bonds is 6. The lowest BCUT2D eigenvalue weighted by atomic mass is 9.94. The van der Waals surface area contributed by atoms with Crippen molar-refractivity contribution in [3.8, 4) is 0 Å². The van der Waals surface area contributed by atoms with Gasteiger partial charge in [0.2, 0.25) is 11.8 Å². The van der Waals surface area contributed by atoms with E-state index in [1.807, 2.05) is 0 Å². The van der Waals surface area contributed by atoms with Crippen molar-refractivity contribution < 1.29 is 9.52 Å². The average Bonchev–Trinajstić information content (AvgIpc) is 3.11. The summed E-state index contributed by atoms with van der Waals surface area (Å²) >= 11 is 0. The van der Waals surface area contributed by atoms with Crippen molar-refractivity contribution in [1.29, 1.82) is 0 Å². The molecule has 1 aromatic heterocycles. The number of nitrogens with zero attached hydrogens (tertiary/aromatic N) is 4. The van der Waals surface area contributed by atoms with Gasteiger partial charge in [0, 0.05) is 26.6 Å². The van der Waals surface area contributed by atoms with E-state index < -0.39 is 0 Å². The number of allylic oxidation sites excluding steroid dienone is 2. The molecule has 128 valence electrons. The van der Waals surface area contributed by atoms with E-state index in [9.17, 15) is 5.11 Å². The average molecular weight is 320 g/mol. The summed E-state index contributed by atoms with van der Waals surface area (Å²) in [4.78, 5) is 4.67. The second-order valence-corrected chi connectivity index (χ2v) is 6.78. The quantitative estimate of drug-likeness (QED) is 0.803. The molecule has 3 rings (SSSR count). The Morgan fingerprint density at radius 2 is 2.22 bits per heavy atom. The zero-order valence-electron chi connectivity index (χ0n) is 14.2. The highest BCUT2D eigenvalue weighted by molar-refractivity contribution is 4.95. The first-order chi connectivity index (χ1) is 11.2. The predicted molar refractivity (Wildman–Crippen MR) is 87.8 cm³/mol. The first-order valence-electron chi connectivity index (χ1n) is 8.74. The molecule has 6 heteroatoms. The van der Waals surface area contributed by atoms with Crippen LogP contribution in [0.1, 0.15) is 38.0 Å². The Bertz CT molecular complexity index is 530. The molecule has 1 aliphatic carbocycles. The summed E-state index contributed by atoms with van der Waals surface area (Å²) in [6, 6.07) is 0.145. The van der Waals surface area contributed by atoms with Crippen LogP contribution in [0.25, 0.3) is 0 Å². The first kappa shape index (κ1) is 16.6. The third-order valence-corrected chi connectivity index (χ3v) is 5.01. The molecule has 0 spiro atoms. The van der Waals surface area contributed by atoms with E-state index in [0.29, 0.717) is 18.3 Å². The number of aliphatic hydroxyl groups excluding tert-OH is 1. The van der Waals surface area contributed by atoms with Gasteiger partial charge in [-0.3, -0.25) is 9.80 Å². The number of aliphatic hydroxyl groups is 1. The van der Waals surface area contributed by atoms with Gasteiger partial charge >= 0.3 is 0 Å². The van der Waals surface area contributed by atoms with E-state index in [4.69, 9.17) is 4.42 Å². The highest BCUT2D eigenvalue weighted by atomic mass is 16.4. The van der Waals surface area contributed by atoms with Crippen LogP contribution >= 0.6 is 0 Å². The summed E-state index contributed by atoms with van der Waals surface area (Å²) in [5.41, 5.74) is 0. The molecule has 0 bridgehead atoms. The van der Waals surface area contributed by atoms with Crippen molar-refractivity contribution in [2.24, 2.45) is 5.92 Å². The van der Waals surface area contributed by atoms with Crippen LogP contribution in [0.3, 0.4) is 0 Å². The van der Waals surface area contributed by atoms with E-state index in [0.717, 1.165) is 32.1 Å². The Morgan fingerprint density at radius 3 is 2.87 bits per heavy atom. The lowest BCUT2D eigenvalue weighted by molar-refractivity contribution is 0.0760. The number of likely N-dealkylation sites (N-methyl/N-ethyl adjacent to an activating group) is 1. The van der Waals surface area contributed by atoms with Crippen LogP contribution in [0.4, 0.5) is 0 Å². The summed E-state index contributed by atoms with van der Waals surface area (Å²) in [6.07, 6.45) is 7.92. The number of likely N-dealkylation sites (tertiary alicyclic amines) is 1. The van der Waals surface area contributed by atoms with Gasteiger partial charge in [0.05, 0.1) is 18.7 Å². The van der Waals surface area contributed by atoms with E-state index in [2.05, 4.69) is 39.1 Å². The van der Waals surface area contributed by atoms with Gasteiger partial charge in [0.15, 0.2) is 0 Å². The van der Waals surface area contributed by atoms with E-state index in [-0.39, 0.29) is 12.1 Å². The molecule has 3 atom stereocenters. The summed E-state index contributed by atoms with van der Waals surface area (Å²) in [6.45, 7) is 8.17. The van der Waals surface area contributed by atoms with Crippen LogP contribution in [-0.2, 0) is 6.54 Å². The minimum atomic E-state index is -0.307. The normalized spacial score (nSPS) is 28.8. The number of β-amino-alcohol motifs (C(OH)–C–C–N with tert-alkyl or cyclic N) is 1. The van der Waals surface area contributed by atoms with Gasteiger partial charge in [-0.05, 0) is 31.7 Å². The number of hydrogen-bond donors (Lipinski definition) is 1. The van der Waals surface area contributed by atoms with Gasteiger partial charge in [-0.15, -0.1) is 10.2 Å². The third-order valence-electron chi connectivity index (χ3n) is 5.01. The molecule has 1 fully saturated rings. The van der Waals surface area contributed by atoms with Crippen LogP contribution in [0.5, 0.6) is 0 Å². The standard InChI is InChI=1S/C17H28N4O2/c1-3-21(12-17-19-18-13(2)23-17)15-10-20(11-16(15)22)9-14-7-5-4-6-8-14/h4-5,14-16,22H,3,6-12H2,1-2H3/t14-,15-,16+/m0/s1. The molecule has 0 aromatic carbocycles. The summed E-state index contributed by atoms with van der Waals surface area (Å²) < 4.78 is 5.49. The van der Waals surface area contributed by atoms with Gasteiger partial charge in [-0.1, -0.05) is 19.1 Å². The number of aromatic nitrogens is 2. The molecule has 0 saturated carbocycles. The van der Waals surface area contributed by atoms with Gasteiger partial charge in [0.1, 0.15) is 0 Å². The van der Waals surface area contributed by atoms with E-state index >= 15 is 0 Å². The van der Waals surface area contributed by atoms with E-state index in [1.54, 1.807) is 6.92 Å². The first-order valence-corrected chi connectivity index (χ1v) is 8.74.